The highest BCUT2D eigenvalue weighted by molar-refractivity contribution is 5.67. The Bertz CT molecular complexity index is 755. The zero-order valence-electron chi connectivity index (χ0n) is 13.5. The molecule has 3 rings (SSSR count). The Balaban J connectivity index is 1.69. The molecule has 1 fully saturated rings. The van der Waals surface area contributed by atoms with Crippen LogP contribution in [0.5, 0.6) is 5.75 Å². The predicted molar refractivity (Wildman–Crippen MR) is 90.6 cm³/mol. The number of rotatable bonds is 6. The molecule has 2 heterocycles. The lowest BCUT2D eigenvalue weighted by Crippen LogP contribution is -2.18. The van der Waals surface area contributed by atoms with E-state index in [9.17, 15) is 5.26 Å². The number of anilines is 1. The third-order valence-electron chi connectivity index (χ3n) is 3.78. The van der Waals surface area contributed by atoms with Crippen LogP contribution in [0.15, 0.2) is 28.7 Å². The van der Waals surface area contributed by atoms with Gasteiger partial charge in [-0.1, -0.05) is 12.1 Å². The van der Waals surface area contributed by atoms with Gasteiger partial charge in [-0.25, -0.2) is 0 Å². The summed E-state index contributed by atoms with van der Waals surface area (Å²) in [7, 11) is 1.63. The molecular formula is C18H19N3O3. The Kier molecular flexibility index (Phi) is 5.14. The van der Waals surface area contributed by atoms with Gasteiger partial charge in [0.2, 0.25) is 17.5 Å². The smallest absolute Gasteiger partial charge is 0.232 e. The number of benzene rings is 1. The second kappa shape index (κ2) is 7.66. The van der Waals surface area contributed by atoms with Gasteiger partial charge in [0.25, 0.3) is 0 Å². The fraction of sp³-hybridized carbons (Fsp3) is 0.333. The van der Waals surface area contributed by atoms with Crippen LogP contribution in [-0.4, -0.2) is 31.3 Å². The van der Waals surface area contributed by atoms with Crippen LogP contribution < -0.4 is 10.1 Å². The fourth-order valence-electron chi connectivity index (χ4n) is 2.53. The van der Waals surface area contributed by atoms with E-state index >= 15 is 0 Å². The van der Waals surface area contributed by atoms with Crippen molar-refractivity contribution in [3.63, 3.8) is 0 Å². The molecule has 0 amide bonds. The monoisotopic (exact) mass is 325 g/mol. The largest absolute Gasteiger partial charge is 0.497 e. The molecule has 0 unspecified atom stereocenters. The van der Waals surface area contributed by atoms with Crippen molar-refractivity contribution in [2.45, 2.75) is 18.9 Å². The minimum Gasteiger partial charge on any atom is -0.497 e. The van der Waals surface area contributed by atoms with E-state index in [1.54, 1.807) is 13.2 Å². The minimum absolute atomic E-state index is 0.164. The van der Waals surface area contributed by atoms with E-state index in [1.165, 1.54) is 0 Å². The molecule has 124 valence electrons. The lowest BCUT2D eigenvalue weighted by Gasteiger charge is -2.09. The number of hydrogen-bond donors (Lipinski definition) is 1. The van der Waals surface area contributed by atoms with Gasteiger partial charge in [0.15, 0.2) is 0 Å². The first-order valence-electron chi connectivity index (χ1n) is 7.87. The molecule has 0 radical (unpaired) electrons. The van der Waals surface area contributed by atoms with E-state index in [4.69, 9.17) is 13.9 Å². The highest BCUT2D eigenvalue weighted by Gasteiger charge is 2.17. The standard InChI is InChI=1S/C18H19N3O3/c1-22-14-5-2-4-13(10-14)7-8-17-21-16(11-19)18(24-17)20-12-15-6-3-9-23-15/h2,4-5,7-8,10,15,20H,3,6,9,12H2,1H3/b8-7+/t15-/m0/s1. The SMILES string of the molecule is COc1cccc(/C=C/c2nc(C#N)c(NC[C@@H]3CCCO3)o2)c1. The first kappa shape index (κ1) is 16.1. The van der Waals surface area contributed by atoms with Gasteiger partial charge in [0, 0.05) is 19.2 Å². The van der Waals surface area contributed by atoms with Crippen molar-refractivity contribution in [3.8, 4) is 11.8 Å². The lowest BCUT2D eigenvalue weighted by atomic mass is 10.2. The van der Waals surface area contributed by atoms with E-state index in [0.29, 0.717) is 18.3 Å². The van der Waals surface area contributed by atoms with Crippen molar-refractivity contribution in [1.29, 1.82) is 5.26 Å². The Morgan fingerprint density at radius 2 is 2.38 bits per heavy atom. The zero-order valence-corrected chi connectivity index (χ0v) is 13.5. The predicted octanol–water partition coefficient (Wildman–Crippen LogP) is 3.32. The van der Waals surface area contributed by atoms with Crippen molar-refractivity contribution in [2.75, 3.05) is 25.6 Å². The summed E-state index contributed by atoms with van der Waals surface area (Å²) in [5.41, 5.74) is 1.21. The van der Waals surface area contributed by atoms with E-state index < -0.39 is 0 Å². The molecule has 6 heteroatoms. The molecule has 0 bridgehead atoms. The summed E-state index contributed by atoms with van der Waals surface area (Å²) >= 11 is 0. The Hall–Kier alpha value is -2.78. The maximum absolute atomic E-state index is 9.19. The second-order valence-electron chi connectivity index (χ2n) is 5.47. The number of ether oxygens (including phenoxy) is 2. The summed E-state index contributed by atoms with van der Waals surface area (Å²) in [5, 5.41) is 12.3. The van der Waals surface area contributed by atoms with E-state index in [2.05, 4.69) is 10.3 Å². The van der Waals surface area contributed by atoms with Crippen molar-refractivity contribution < 1.29 is 13.9 Å². The highest BCUT2D eigenvalue weighted by atomic mass is 16.5. The molecule has 6 nitrogen and oxygen atoms in total. The molecule has 24 heavy (non-hydrogen) atoms. The summed E-state index contributed by atoms with van der Waals surface area (Å²) in [6, 6.07) is 9.68. The molecule has 0 saturated carbocycles. The molecule has 1 N–H and O–H groups in total. The number of hydrogen-bond acceptors (Lipinski definition) is 6. The van der Waals surface area contributed by atoms with Gasteiger partial charge in [-0.3, -0.25) is 0 Å². The van der Waals surface area contributed by atoms with Crippen molar-refractivity contribution in [2.24, 2.45) is 0 Å². The molecular weight excluding hydrogens is 306 g/mol. The summed E-state index contributed by atoms with van der Waals surface area (Å²) in [4.78, 5) is 4.18. The Morgan fingerprint density at radius 1 is 1.46 bits per heavy atom. The van der Waals surface area contributed by atoms with Crippen LogP contribution in [0.25, 0.3) is 12.2 Å². The van der Waals surface area contributed by atoms with Crippen LogP contribution >= 0.6 is 0 Å². The van der Waals surface area contributed by atoms with Gasteiger partial charge in [-0.2, -0.15) is 10.2 Å². The number of nitriles is 1. The van der Waals surface area contributed by atoms with Crippen LogP contribution in [0.4, 0.5) is 5.88 Å². The number of nitrogens with zero attached hydrogens (tertiary/aromatic N) is 2. The maximum Gasteiger partial charge on any atom is 0.232 e. The number of oxazole rings is 1. The van der Waals surface area contributed by atoms with Gasteiger partial charge in [0.1, 0.15) is 11.8 Å². The molecule has 1 saturated heterocycles. The fourth-order valence-corrected chi connectivity index (χ4v) is 2.53. The first-order valence-corrected chi connectivity index (χ1v) is 7.87. The van der Waals surface area contributed by atoms with Crippen LogP contribution in [-0.2, 0) is 4.74 Å². The van der Waals surface area contributed by atoms with Crippen LogP contribution in [0.1, 0.15) is 30.0 Å². The molecule has 1 aromatic heterocycles. The summed E-state index contributed by atoms with van der Waals surface area (Å²) in [6.45, 7) is 1.41. The Morgan fingerprint density at radius 3 is 3.12 bits per heavy atom. The first-order chi connectivity index (χ1) is 11.8. The minimum atomic E-state index is 0.164. The molecule has 1 atom stereocenters. The van der Waals surface area contributed by atoms with Crippen molar-refractivity contribution in [1.82, 2.24) is 4.98 Å². The highest BCUT2D eigenvalue weighted by Crippen LogP contribution is 2.21. The Labute approximate surface area is 140 Å². The number of nitrogens with one attached hydrogen (secondary N) is 1. The van der Waals surface area contributed by atoms with Crippen molar-refractivity contribution in [3.05, 3.63) is 41.4 Å². The van der Waals surface area contributed by atoms with E-state index in [-0.39, 0.29) is 11.8 Å². The maximum atomic E-state index is 9.19. The lowest BCUT2D eigenvalue weighted by molar-refractivity contribution is 0.120. The third-order valence-corrected chi connectivity index (χ3v) is 3.78. The van der Waals surface area contributed by atoms with Gasteiger partial charge in [0.05, 0.1) is 13.2 Å². The van der Waals surface area contributed by atoms with Crippen LogP contribution in [0.2, 0.25) is 0 Å². The van der Waals surface area contributed by atoms with Crippen LogP contribution in [0, 0.1) is 11.3 Å². The molecule has 1 aliphatic heterocycles. The molecule has 0 spiro atoms. The van der Waals surface area contributed by atoms with Gasteiger partial charge >= 0.3 is 0 Å². The second-order valence-corrected chi connectivity index (χ2v) is 5.47. The van der Waals surface area contributed by atoms with Gasteiger partial charge < -0.3 is 19.2 Å². The molecule has 0 aliphatic carbocycles. The average molecular weight is 325 g/mol. The summed E-state index contributed by atoms with van der Waals surface area (Å²) < 4.78 is 16.4. The quantitative estimate of drug-likeness (QED) is 0.877. The topological polar surface area (TPSA) is 80.3 Å². The number of aromatic nitrogens is 1. The van der Waals surface area contributed by atoms with E-state index in [1.807, 2.05) is 36.4 Å². The summed E-state index contributed by atoms with van der Waals surface area (Å²) in [5.74, 6) is 1.55. The van der Waals surface area contributed by atoms with E-state index in [0.717, 1.165) is 30.8 Å². The molecule has 2 aromatic rings. The molecule has 1 aromatic carbocycles. The molecule has 1 aliphatic rings. The van der Waals surface area contributed by atoms with Crippen molar-refractivity contribution >= 4 is 18.0 Å². The number of methoxy groups -OCH3 is 1. The normalized spacial score (nSPS) is 17.1. The van der Waals surface area contributed by atoms with Gasteiger partial charge in [-0.15, -0.1) is 0 Å². The van der Waals surface area contributed by atoms with Crippen LogP contribution in [0.3, 0.4) is 0 Å². The average Bonchev–Trinajstić information content (AvgIpc) is 3.27. The van der Waals surface area contributed by atoms with Gasteiger partial charge in [-0.05, 0) is 36.6 Å². The zero-order chi connectivity index (χ0) is 16.8. The third kappa shape index (κ3) is 3.94. The summed E-state index contributed by atoms with van der Waals surface area (Å²) in [6.07, 6.45) is 5.85.